The lowest BCUT2D eigenvalue weighted by Gasteiger charge is -2.19. The van der Waals surface area contributed by atoms with Crippen LogP contribution in [0.3, 0.4) is 0 Å². The van der Waals surface area contributed by atoms with E-state index in [2.05, 4.69) is 11.4 Å². The van der Waals surface area contributed by atoms with Crippen LogP contribution in [0.4, 0.5) is 5.69 Å². The number of anilines is 1. The summed E-state index contributed by atoms with van der Waals surface area (Å²) in [4.78, 5) is 24.4. The number of aryl methyl sites for hydroxylation is 3. The van der Waals surface area contributed by atoms with E-state index in [0.29, 0.717) is 23.4 Å². The van der Waals surface area contributed by atoms with E-state index in [0.717, 1.165) is 16.7 Å². The maximum Gasteiger partial charge on any atom is 0.337 e. The second-order valence-electron chi connectivity index (χ2n) is 6.35. The van der Waals surface area contributed by atoms with E-state index >= 15 is 0 Å². The molecule has 1 N–H and O–H groups in total. The summed E-state index contributed by atoms with van der Waals surface area (Å²) in [5.41, 5.74) is 3.97. The van der Waals surface area contributed by atoms with Gasteiger partial charge in [-0.2, -0.15) is 0 Å². The van der Waals surface area contributed by atoms with Crippen LogP contribution < -0.4 is 10.1 Å². The molecule has 1 amide bonds. The number of hydrogen-bond donors (Lipinski definition) is 1. The highest BCUT2D eigenvalue weighted by atomic mass is 16.5. The first-order chi connectivity index (χ1) is 12.3. The molecule has 26 heavy (non-hydrogen) atoms. The molecule has 0 aromatic heterocycles. The van der Waals surface area contributed by atoms with Crippen molar-refractivity contribution in [2.75, 3.05) is 12.4 Å². The van der Waals surface area contributed by atoms with E-state index in [1.807, 2.05) is 39.8 Å². The van der Waals surface area contributed by atoms with Crippen molar-refractivity contribution in [2.45, 2.75) is 40.2 Å². The summed E-state index contributed by atoms with van der Waals surface area (Å²) in [6, 6.07) is 10.9. The molecule has 1 unspecified atom stereocenters. The third kappa shape index (κ3) is 4.85. The number of benzene rings is 2. The summed E-state index contributed by atoms with van der Waals surface area (Å²) in [5.74, 6) is -0.0275. The molecule has 0 spiro atoms. The Morgan fingerprint density at radius 3 is 2.27 bits per heavy atom. The zero-order chi connectivity index (χ0) is 19.3. The van der Waals surface area contributed by atoms with Crippen molar-refractivity contribution in [2.24, 2.45) is 0 Å². The first-order valence-corrected chi connectivity index (χ1v) is 8.58. The first kappa shape index (κ1) is 19.5. The molecule has 0 aliphatic carbocycles. The summed E-state index contributed by atoms with van der Waals surface area (Å²) in [6.45, 7) is 7.73. The van der Waals surface area contributed by atoms with Gasteiger partial charge in [0.2, 0.25) is 0 Å². The Hall–Kier alpha value is -2.82. The summed E-state index contributed by atoms with van der Waals surface area (Å²) in [7, 11) is 1.32. The van der Waals surface area contributed by atoms with Crippen LogP contribution in [0.2, 0.25) is 0 Å². The maximum atomic E-state index is 12.7. The van der Waals surface area contributed by atoms with Crippen LogP contribution in [0.15, 0.2) is 36.4 Å². The maximum absolute atomic E-state index is 12.7. The molecule has 1 atom stereocenters. The molecule has 2 aromatic rings. The van der Waals surface area contributed by atoms with Crippen molar-refractivity contribution in [3.8, 4) is 5.75 Å². The predicted octanol–water partition coefficient (Wildman–Crippen LogP) is 4.19. The fraction of sp³-hybridized carbons (Fsp3) is 0.333. The summed E-state index contributed by atoms with van der Waals surface area (Å²) >= 11 is 0. The van der Waals surface area contributed by atoms with Crippen molar-refractivity contribution in [1.82, 2.24) is 0 Å². The van der Waals surface area contributed by atoms with Crippen LogP contribution in [-0.4, -0.2) is 25.1 Å². The zero-order valence-electron chi connectivity index (χ0n) is 15.9. The minimum atomic E-state index is -0.627. The van der Waals surface area contributed by atoms with Crippen LogP contribution >= 0.6 is 0 Å². The topological polar surface area (TPSA) is 64.6 Å². The highest BCUT2D eigenvalue weighted by Crippen LogP contribution is 2.21. The van der Waals surface area contributed by atoms with Crippen molar-refractivity contribution in [3.63, 3.8) is 0 Å². The molecule has 2 aromatic carbocycles. The normalized spacial score (nSPS) is 11.6. The lowest BCUT2D eigenvalue weighted by Crippen LogP contribution is -2.32. The standard InChI is InChI=1S/C21H25NO4/c1-6-19(26-17-10-13(2)9-14(3)11-17)20(23)22-18-12-16(21(24)25-5)8-7-15(18)4/h7-12,19H,6H2,1-5H3,(H,22,23). The second-order valence-corrected chi connectivity index (χ2v) is 6.35. The Morgan fingerprint density at radius 1 is 1.04 bits per heavy atom. The SMILES string of the molecule is CCC(Oc1cc(C)cc(C)c1)C(=O)Nc1cc(C(=O)OC)ccc1C. The number of hydrogen-bond acceptors (Lipinski definition) is 4. The molecule has 5 heteroatoms. The van der Waals surface area contributed by atoms with Gasteiger partial charge in [0.15, 0.2) is 6.10 Å². The summed E-state index contributed by atoms with van der Waals surface area (Å²) < 4.78 is 10.6. The Balaban J connectivity index is 2.17. The largest absolute Gasteiger partial charge is 0.481 e. The molecule has 0 radical (unpaired) electrons. The van der Waals surface area contributed by atoms with Gasteiger partial charge < -0.3 is 14.8 Å². The molecule has 5 nitrogen and oxygen atoms in total. The molecule has 2 rings (SSSR count). The molecule has 0 heterocycles. The van der Waals surface area contributed by atoms with Gasteiger partial charge in [0.05, 0.1) is 12.7 Å². The van der Waals surface area contributed by atoms with Gasteiger partial charge in [0.1, 0.15) is 5.75 Å². The lowest BCUT2D eigenvalue weighted by molar-refractivity contribution is -0.122. The van der Waals surface area contributed by atoms with Crippen molar-refractivity contribution < 1.29 is 19.1 Å². The molecule has 138 valence electrons. The smallest absolute Gasteiger partial charge is 0.337 e. The first-order valence-electron chi connectivity index (χ1n) is 8.58. The quantitative estimate of drug-likeness (QED) is 0.789. The number of ether oxygens (including phenoxy) is 2. The van der Waals surface area contributed by atoms with Crippen molar-refractivity contribution in [3.05, 3.63) is 58.7 Å². The average molecular weight is 355 g/mol. The van der Waals surface area contributed by atoms with Gasteiger partial charge in [-0.3, -0.25) is 4.79 Å². The summed E-state index contributed by atoms with van der Waals surface area (Å²) in [6.07, 6.45) is -0.105. The molecular formula is C21H25NO4. The fourth-order valence-corrected chi connectivity index (χ4v) is 2.70. The van der Waals surface area contributed by atoms with Crippen molar-refractivity contribution >= 4 is 17.6 Å². The monoisotopic (exact) mass is 355 g/mol. The van der Waals surface area contributed by atoms with Gasteiger partial charge in [-0.25, -0.2) is 4.79 Å². The molecule has 0 saturated carbocycles. The third-order valence-corrected chi connectivity index (χ3v) is 4.05. The fourth-order valence-electron chi connectivity index (χ4n) is 2.70. The second kappa shape index (κ2) is 8.52. The third-order valence-electron chi connectivity index (χ3n) is 4.05. The Labute approximate surface area is 154 Å². The van der Waals surface area contributed by atoms with Crippen molar-refractivity contribution in [1.29, 1.82) is 0 Å². The number of rotatable bonds is 6. The molecule has 0 bridgehead atoms. The van der Waals surface area contributed by atoms with E-state index in [4.69, 9.17) is 9.47 Å². The number of carbonyl (C=O) groups is 2. The number of amides is 1. The summed E-state index contributed by atoms with van der Waals surface area (Å²) in [5, 5.41) is 2.86. The highest BCUT2D eigenvalue weighted by Gasteiger charge is 2.20. The average Bonchev–Trinajstić information content (AvgIpc) is 2.59. The Morgan fingerprint density at radius 2 is 1.69 bits per heavy atom. The highest BCUT2D eigenvalue weighted by molar-refractivity contribution is 5.97. The predicted molar refractivity (Wildman–Crippen MR) is 102 cm³/mol. The van der Waals surface area contributed by atoms with Gasteiger partial charge in [-0.1, -0.05) is 19.1 Å². The van der Waals surface area contributed by atoms with Crippen LogP contribution in [0.25, 0.3) is 0 Å². The van der Waals surface area contributed by atoms with Gasteiger partial charge in [-0.15, -0.1) is 0 Å². The van der Waals surface area contributed by atoms with Crippen LogP contribution in [0, 0.1) is 20.8 Å². The Bertz CT molecular complexity index is 793. The molecular weight excluding hydrogens is 330 g/mol. The number of carbonyl (C=O) groups excluding carboxylic acids is 2. The minimum absolute atomic E-state index is 0.253. The van der Waals surface area contributed by atoms with E-state index in [9.17, 15) is 9.59 Å². The number of methoxy groups -OCH3 is 1. The van der Waals surface area contributed by atoms with Gasteiger partial charge in [0.25, 0.3) is 5.91 Å². The van der Waals surface area contributed by atoms with E-state index in [1.165, 1.54) is 7.11 Å². The molecule has 0 fully saturated rings. The number of nitrogens with one attached hydrogen (secondary N) is 1. The van der Waals surface area contributed by atoms with Gasteiger partial charge >= 0.3 is 5.97 Å². The molecule has 0 saturated heterocycles. The zero-order valence-corrected chi connectivity index (χ0v) is 15.9. The van der Waals surface area contributed by atoms with Crippen LogP contribution in [0.5, 0.6) is 5.75 Å². The molecule has 0 aliphatic rings. The molecule has 0 aliphatic heterocycles. The Kier molecular flexibility index (Phi) is 6.39. The van der Waals surface area contributed by atoms with Crippen LogP contribution in [0.1, 0.15) is 40.4 Å². The van der Waals surface area contributed by atoms with Crippen LogP contribution in [-0.2, 0) is 9.53 Å². The van der Waals surface area contributed by atoms with Gasteiger partial charge in [-0.05, 0) is 68.1 Å². The minimum Gasteiger partial charge on any atom is -0.481 e. The lowest BCUT2D eigenvalue weighted by atomic mass is 10.1. The van der Waals surface area contributed by atoms with Gasteiger partial charge in [0, 0.05) is 5.69 Å². The van der Waals surface area contributed by atoms with E-state index in [-0.39, 0.29) is 5.91 Å². The van der Waals surface area contributed by atoms with E-state index < -0.39 is 12.1 Å². The number of esters is 1. The van der Waals surface area contributed by atoms with E-state index in [1.54, 1.807) is 18.2 Å².